The first-order valence-electron chi connectivity index (χ1n) is 9.08. The zero-order chi connectivity index (χ0) is 18.8. The van der Waals surface area contributed by atoms with E-state index in [9.17, 15) is 9.59 Å². The Labute approximate surface area is 163 Å². The van der Waals surface area contributed by atoms with E-state index in [2.05, 4.69) is 21.6 Å². The molecule has 0 atom stereocenters. The van der Waals surface area contributed by atoms with Gasteiger partial charge in [-0.15, -0.1) is 0 Å². The van der Waals surface area contributed by atoms with Crippen LogP contribution in [0.1, 0.15) is 12.0 Å². The number of fused-ring (bicyclic) bond motifs is 1. The van der Waals surface area contributed by atoms with Crippen LogP contribution in [0.3, 0.4) is 0 Å². The highest BCUT2D eigenvalue weighted by molar-refractivity contribution is 6.30. The Hall–Kier alpha value is -2.73. The second kappa shape index (κ2) is 7.48. The molecule has 0 spiro atoms. The largest absolute Gasteiger partial charge is 0.368 e. The molecule has 1 fully saturated rings. The van der Waals surface area contributed by atoms with Gasteiger partial charge in [-0.3, -0.25) is 4.79 Å². The zero-order valence-corrected chi connectivity index (χ0v) is 15.6. The van der Waals surface area contributed by atoms with Crippen LogP contribution in [0.5, 0.6) is 0 Å². The maximum Gasteiger partial charge on any atom is 0.321 e. The summed E-state index contributed by atoms with van der Waals surface area (Å²) < 4.78 is 0. The Balaban J connectivity index is 1.36. The van der Waals surface area contributed by atoms with Gasteiger partial charge in [-0.1, -0.05) is 17.7 Å². The second-order valence-electron chi connectivity index (χ2n) is 6.80. The van der Waals surface area contributed by atoms with E-state index in [0.717, 1.165) is 30.9 Å². The van der Waals surface area contributed by atoms with Crippen molar-refractivity contribution in [2.24, 2.45) is 0 Å². The molecule has 3 amide bonds. The van der Waals surface area contributed by atoms with Gasteiger partial charge < -0.3 is 20.4 Å². The van der Waals surface area contributed by atoms with Gasteiger partial charge in [-0.05, 0) is 48.4 Å². The first kappa shape index (κ1) is 17.7. The van der Waals surface area contributed by atoms with E-state index in [1.54, 1.807) is 12.1 Å². The van der Waals surface area contributed by atoms with Gasteiger partial charge in [0.25, 0.3) is 0 Å². The highest BCUT2D eigenvalue weighted by Crippen LogP contribution is 2.28. The van der Waals surface area contributed by atoms with E-state index in [4.69, 9.17) is 11.6 Å². The van der Waals surface area contributed by atoms with Gasteiger partial charge in [0, 0.05) is 54.7 Å². The molecular weight excluding hydrogens is 364 g/mol. The Kier molecular flexibility index (Phi) is 4.90. The third kappa shape index (κ3) is 4.01. The molecule has 2 aliphatic rings. The number of amides is 3. The van der Waals surface area contributed by atoms with E-state index >= 15 is 0 Å². The molecule has 2 aromatic carbocycles. The van der Waals surface area contributed by atoms with Gasteiger partial charge in [0.2, 0.25) is 5.91 Å². The minimum atomic E-state index is -0.106. The average molecular weight is 385 g/mol. The van der Waals surface area contributed by atoms with Crippen molar-refractivity contribution < 1.29 is 9.59 Å². The lowest BCUT2D eigenvalue weighted by atomic mass is 10.0. The lowest BCUT2D eigenvalue weighted by Crippen LogP contribution is -2.50. The molecule has 7 heteroatoms. The number of rotatable bonds is 2. The Morgan fingerprint density at radius 2 is 1.85 bits per heavy atom. The maximum atomic E-state index is 12.5. The molecule has 6 nitrogen and oxygen atoms in total. The number of aryl methyl sites for hydroxylation is 1. The number of hydrogen-bond donors (Lipinski definition) is 2. The van der Waals surface area contributed by atoms with Gasteiger partial charge >= 0.3 is 6.03 Å². The summed E-state index contributed by atoms with van der Waals surface area (Å²) in [7, 11) is 0. The number of piperazine rings is 1. The highest BCUT2D eigenvalue weighted by Gasteiger charge is 2.23. The number of anilines is 3. The summed E-state index contributed by atoms with van der Waals surface area (Å²) in [4.78, 5) is 28.0. The third-order valence-corrected chi connectivity index (χ3v) is 5.23. The fourth-order valence-corrected chi connectivity index (χ4v) is 3.69. The molecule has 0 aromatic heterocycles. The van der Waals surface area contributed by atoms with Crippen LogP contribution in [0.25, 0.3) is 0 Å². The number of halogens is 1. The number of benzene rings is 2. The van der Waals surface area contributed by atoms with Crippen LogP contribution in [-0.4, -0.2) is 43.0 Å². The van der Waals surface area contributed by atoms with Crippen molar-refractivity contribution >= 4 is 40.6 Å². The van der Waals surface area contributed by atoms with Crippen LogP contribution < -0.4 is 15.5 Å². The molecule has 0 aliphatic carbocycles. The number of carbonyl (C=O) groups excluding carboxylic acids is 2. The molecule has 2 aliphatic heterocycles. The lowest BCUT2D eigenvalue weighted by molar-refractivity contribution is -0.116. The summed E-state index contributed by atoms with van der Waals surface area (Å²) in [5.74, 6) is 0.0783. The molecule has 140 valence electrons. The minimum absolute atomic E-state index is 0.0783. The molecule has 0 bridgehead atoms. The van der Waals surface area contributed by atoms with E-state index in [1.807, 2.05) is 29.2 Å². The topological polar surface area (TPSA) is 64.7 Å². The van der Waals surface area contributed by atoms with Crippen LogP contribution in [0.15, 0.2) is 42.5 Å². The van der Waals surface area contributed by atoms with Gasteiger partial charge in [0.15, 0.2) is 0 Å². The van der Waals surface area contributed by atoms with Gasteiger partial charge in [0.1, 0.15) is 0 Å². The van der Waals surface area contributed by atoms with Gasteiger partial charge in [-0.25, -0.2) is 4.79 Å². The van der Waals surface area contributed by atoms with Crippen LogP contribution in [0.2, 0.25) is 5.02 Å². The number of nitrogens with zero attached hydrogens (tertiary/aromatic N) is 2. The summed E-state index contributed by atoms with van der Waals surface area (Å²) in [6.07, 6.45) is 1.31. The third-order valence-electron chi connectivity index (χ3n) is 4.99. The van der Waals surface area contributed by atoms with Crippen molar-refractivity contribution in [3.05, 3.63) is 53.1 Å². The predicted octanol–water partition coefficient (Wildman–Crippen LogP) is 3.58. The number of nitrogens with one attached hydrogen (secondary N) is 2. The highest BCUT2D eigenvalue weighted by atomic mass is 35.5. The van der Waals surface area contributed by atoms with Crippen molar-refractivity contribution in [3.63, 3.8) is 0 Å². The van der Waals surface area contributed by atoms with E-state index < -0.39 is 0 Å². The smallest absolute Gasteiger partial charge is 0.321 e. The fourth-order valence-electron chi connectivity index (χ4n) is 3.50. The van der Waals surface area contributed by atoms with Crippen LogP contribution in [0, 0.1) is 0 Å². The SMILES string of the molecule is O=C1CCc2cc(N3CCN(C(=O)Nc4cccc(Cl)c4)CC3)ccc2N1. The van der Waals surface area contributed by atoms with Crippen molar-refractivity contribution in [2.45, 2.75) is 12.8 Å². The van der Waals surface area contributed by atoms with E-state index in [1.165, 1.54) is 5.56 Å². The monoisotopic (exact) mass is 384 g/mol. The number of carbonyl (C=O) groups is 2. The van der Waals surface area contributed by atoms with E-state index in [-0.39, 0.29) is 11.9 Å². The second-order valence-corrected chi connectivity index (χ2v) is 7.24. The molecule has 4 rings (SSSR count). The summed E-state index contributed by atoms with van der Waals surface area (Å²) in [5.41, 5.74) is 3.93. The Morgan fingerprint density at radius 1 is 1.04 bits per heavy atom. The van der Waals surface area contributed by atoms with Gasteiger partial charge in [0.05, 0.1) is 0 Å². The molecule has 2 N–H and O–H groups in total. The van der Waals surface area contributed by atoms with Crippen molar-refractivity contribution in [2.75, 3.05) is 41.7 Å². The standard InChI is InChI=1S/C20H21ClN4O2/c21-15-2-1-3-16(13-15)22-20(27)25-10-8-24(9-11-25)17-5-6-18-14(12-17)4-7-19(26)23-18/h1-3,5-6,12-13H,4,7-11H2,(H,22,27)(H,23,26). The van der Waals surface area contributed by atoms with Crippen LogP contribution >= 0.6 is 11.6 Å². The molecule has 1 saturated heterocycles. The summed E-state index contributed by atoms with van der Waals surface area (Å²) in [6.45, 7) is 2.85. The normalized spacial score (nSPS) is 16.6. The minimum Gasteiger partial charge on any atom is -0.368 e. The summed E-state index contributed by atoms with van der Waals surface area (Å²) in [6, 6.07) is 13.2. The molecule has 2 heterocycles. The maximum absolute atomic E-state index is 12.5. The molecular formula is C20H21ClN4O2. The van der Waals surface area contributed by atoms with Crippen LogP contribution in [-0.2, 0) is 11.2 Å². The average Bonchev–Trinajstić information content (AvgIpc) is 2.68. The van der Waals surface area contributed by atoms with Gasteiger partial charge in [-0.2, -0.15) is 0 Å². The Bertz CT molecular complexity index is 878. The molecule has 0 radical (unpaired) electrons. The Morgan fingerprint density at radius 3 is 2.63 bits per heavy atom. The van der Waals surface area contributed by atoms with Crippen molar-refractivity contribution in [3.8, 4) is 0 Å². The fraction of sp³-hybridized carbons (Fsp3) is 0.300. The van der Waals surface area contributed by atoms with Crippen LogP contribution in [0.4, 0.5) is 21.9 Å². The number of urea groups is 1. The molecule has 0 saturated carbocycles. The first-order chi connectivity index (χ1) is 13.1. The molecule has 2 aromatic rings. The van der Waals surface area contributed by atoms with Crippen molar-refractivity contribution in [1.82, 2.24) is 4.90 Å². The first-order valence-corrected chi connectivity index (χ1v) is 9.45. The molecule has 0 unspecified atom stereocenters. The summed E-state index contributed by atoms with van der Waals surface area (Å²) >= 11 is 5.96. The van der Waals surface area contributed by atoms with Crippen molar-refractivity contribution in [1.29, 1.82) is 0 Å². The predicted molar refractivity (Wildman–Crippen MR) is 108 cm³/mol. The quantitative estimate of drug-likeness (QED) is 0.831. The lowest BCUT2D eigenvalue weighted by Gasteiger charge is -2.36. The van der Waals surface area contributed by atoms with E-state index in [0.29, 0.717) is 30.2 Å². The molecule has 27 heavy (non-hydrogen) atoms. The zero-order valence-electron chi connectivity index (χ0n) is 14.9. The summed E-state index contributed by atoms with van der Waals surface area (Å²) in [5, 5.41) is 6.41. The number of hydrogen-bond acceptors (Lipinski definition) is 3.